The van der Waals surface area contributed by atoms with Gasteiger partial charge in [-0.05, 0) is 42.3 Å². The summed E-state index contributed by atoms with van der Waals surface area (Å²) in [5, 5.41) is 3.76. The highest BCUT2D eigenvalue weighted by atomic mass is 35.5. The molecule has 1 aliphatic rings. The highest BCUT2D eigenvalue weighted by molar-refractivity contribution is 6.35. The molecule has 2 aromatic rings. The van der Waals surface area contributed by atoms with Crippen LogP contribution in [-0.4, -0.2) is 17.7 Å². The van der Waals surface area contributed by atoms with Crippen molar-refractivity contribution in [1.82, 2.24) is 10.3 Å². The molecule has 23 heavy (non-hydrogen) atoms. The maximum Gasteiger partial charge on any atom is 0.408 e. The van der Waals surface area contributed by atoms with Crippen molar-refractivity contribution in [3.8, 4) is 5.88 Å². The Balaban J connectivity index is 1.61. The van der Waals surface area contributed by atoms with Crippen LogP contribution in [0.15, 0.2) is 30.5 Å². The van der Waals surface area contributed by atoms with Crippen molar-refractivity contribution in [1.29, 1.82) is 0 Å². The smallest absolute Gasteiger partial charge is 0.408 e. The zero-order chi connectivity index (χ0) is 16.4. The van der Waals surface area contributed by atoms with Crippen molar-refractivity contribution in [2.45, 2.75) is 19.6 Å². The molecule has 1 atom stereocenters. The molecule has 1 N–H and O–H groups in total. The number of halogens is 2. The fraction of sp³-hybridized carbons (Fsp3) is 0.250. The van der Waals surface area contributed by atoms with Crippen LogP contribution in [-0.2, 0) is 11.3 Å². The molecule has 7 heteroatoms. The Morgan fingerprint density at radius 1 is 1.48 bits per heavy atom. The van der Waals surface area contributed by atoms with Crippen molar-refractivity contribution in [2.24, 2.45) is 0 Å². The number of fused-ring (bicyclic) bond motifs is 1. The first-order valence-corrected chi connectivity index (χ1v) is 7.77. The van der Waals surface area contributed by atoms with Crippen LogP contribution in [0.1, 0.15) is 22.8 Å². The van der Waals surface area contributed by atoms with Gasteiger partial charge in [0.2, 0.25) is 5.88 Å². The second kappa shape index (κ2) is 6.64. The van der Waals surface area contributed by atoms with Gasteiger partial charge in [-0.1, -0.05) is 23.2 Å². The molecule has 0 bridgehead atoms. The van der Waals surface area contributed by atoms with Gasteiger partial charge in [0.05, 0.1) is 5.56 Å². The highest BCUT2D eigenvalue weighted by Gasteiger charge is 2.28. The number of nitrogens with one attached hydrogen (secondary N) is 1. The zero-order valence-corrected chi connectivity index (χ0v) is 13.8. The predicted octanol–water partition coefficient (Wildman–Crippen LogP) is 4.06. The molecular weight excluding hydrogens is 339 g/mol. The van der Waals surface area contributed by atoms with Gasteiger partial charge in [-0.2, -0.15) is 0 Å². The van der Waals surface area contributed by atoms with Crippen LogP contribution in [0.25, 0.3) is 0 Å². The molecule has 0 unspecified atom stereocenters. The summed E-state index contributed by atoms with van der Waals surface area (Å²) in [7, 11) is 0. The van der Waals surface area contributed by atoms with E-state index in [1.807, 2.05) is 13.0 Å². The number of nitrogens with zero attached hydrogens (tertiary/aromatic N) is 1. The van der Waals surface area contributed by atoms with E-state index in [-0.39, 0.29) is 13.2 Å². The number of carbonyl (C=O) groups is 1. The second-order valence-electron chi connectivity index (χ2n) is 5.14. The summed E-state index contributed by atoms with van der Waals surface area (Å²) in [4.78, 5) is 16.1. The number of benzene rings is 1. The monoisotopic (exact) mass is 352 g/mol. The fourth-order valence-corrected chi connectivity index (χ4v) is 3.06. The number of aryl methyl sites for hydroxylation is 1. The number of pyridine rings is 1. The molecule has 1 amide bonds. The SMILES string of the molecule is Cc1cc(Cl)cc(Cl)c1CNC(=O)O[C@H]1COc2ncccc21. The maximum atomic E-state index is 12.0. The van der Waals surface area contributed by atoms with Gasteiger partial charge >= 0.3 is 6.09 Å². The summed E-state index contributed by atoms with van der Waals surface area (Å²) < 4.78 is 10.8. The Labute approximate surface area is 143 Å². The van der Waals surface area contributed by atoms with E-state index in [0.29, 0.717) is 15.9 Å². The molecule has 0 radical (unpaired) electrons. The lowest BCUT2D eigenvalue weighted by atomic mass is 10.1. The molecule has 5 nitrogen and oxygen atoms in total. The van der Waals surface area contributed by atoms with Gasteiger partial charge in [-0.25, -0.2) is 9.78 Å². The third-order valence-corrected chi connectivity index (χ3v) is 4.12. The molecule has 0 saturated heterocycles. The predicted molar refractivity (Wildman–Crippen MR) is 87.0 cm³/mol. The van der Waals surface area contributed by atoms with Gasteiger partial charge in [0.1, 0.15) is 6.61 Å². The van der Waals surface area contributed by atoms with Gasteiger partial charge in [-0.15, -0.1) is 0 Å². The summed E-state index contributed by atoms with van der Waals surface area (Å²) in [6.45, 7) is 2.40. The Hall–Kier alpha value is -1.98. The molecule has 0 saturated carbocycles. The second-order valence-corrected chi connectivity index (χ2v) is 5.98. The van der Waals surface area contributed by atoms with E-state index in [1.54, 1.807) is 24.4 Å². The van der Waals surface area contributed by atoms with E-state index in [1.165, 1.54) is 0 Å². The number of rotatable bonds is 3. The quantitative estimate of drug-likeness (QED) is 0.904. The topological polar surface area (TPSA) is 60.5 Å². The minimum atomic E-state index is -0.541. The molecule has 1 aromatic carbocycles. The number of hydrogen-bond acceptors (Lipinski definition) is 4. The van der Waals surface area contributed by atoms with E-state index in [0.717, 1.165) is 16.7 Å². The molecule has 0 spiro atoms. The number of hydrogen-bond donors (Lipinski definition) is 1. The summed E-state index contributed by atoms with van der Waals surface area (Å²) in [5.41, 5.74) is 2.47. The first-order chi connectivity index (χ1) is 11.0. The van der Waals surface area contributed by atoms with Gasteiger partial charge in [0.25, 0.3) is 0 Å². The summed E-state index contributed by atoms with van der Waals surface area (Å²) in [5.74, 6) is 0.502. The van der Waals surface area contributed by atoms with E-state index in [4.69, 9.17) is 32.7 Å². The summed E-state index contributed by atoms with van der Waals surface area (Å²) in [6, 6.07) is 7.04. The van der Waals surface area contributed by atoms with Crippen molar-refractivity contribution >= 4 is 29.3 Å². The lowest BCUT2D eigenvalue weighted by molar-refractivity contribution is 0.0821. The maximum absolute atomic E-state index is 12.0. The molecule has 1 aromatic heterocycles. The van der Waals surface area contributed by atoms with Crippen LogP contribution >= 0.6 is 23.2 Å². The van der Waals surface area contributed by atoms with Gasteiger partial charge < -0.3 is 14.8 Å². The first kappa shape index (κ1) is 15.9. The Morgan fingerprint density at radius 3 is 3.09 bits per heavy atom. The largest absolute Gasteiger partial charge is 0.473 e. The highest BCUT2D eigenvalue weighted by Crippen LogP contribution is 2.32. The van der Waals surface area contributed by atoms with Crippen LogP contribution in [0.3, 0.4) is 0 Å². The average Bonchev–Trinajstić information content (AvgIpc) is 2.89. The van der Waals surface area contributed by atoms with E-state index in [9.17, 15) is 4.79 Å². The van der Waals surface area contributed by atoms with Crippen molar-refractivity contribution in [2.75, 3.05) is 6.61 Å². The fourth-order valence-electron chi connectivity index (χ4n) is 2.40. The van der Waals surface area contributed by atoms with Crippen molar-refractivity contribution < 1.29 is 14.3 Å². The standard InChI is InChI=1S/C16H14Cl2N2O3/c1-9-5-10(17)6-13(18)12(9)7-20-16(21)23-14-8-22-15-11(14)3-2-4-19-15/h2-6,14H,7-8H2,1H3,(H,20,21)/t14-/m0/s1. The Morgan fingerprint density at radius 2 is 2.30 bits per heavy atom. The molecule has 2 heterocycles. The number of carbonyl (C=O) groups excluding carboxylic acids is 1. The van der Waals surface area contributed by atoms with E-state index >= 15 is 0 Å². The number of ether oxygens (including phenoxy) is 2. The number of aromatic nitrogens is 1. The number of amides is 1. The minimum Gasteiger partial charge on any atom is -0.473 e. The summed E-state index contributed by atoms with van der Waals surface area (Å²) >= 11 is 12.1. The molecule has 120 valence electrons. The van der Waals surface area contributed by atoms with Crippen LogP contribution in [0.5, 0.6) is 5.88 Å². The van der Waals surface area contributed by atoms with Gasteiger partial charge in [-0.3, -0.25) is 0 Å². The van der Waals surface area contributed by atoms with Gasteiger partial charge in [0, 0.05) is 22.8 Å². The third kappa shape index (κ3) is 3.51. The van der Waals surface area contributed by atoms with Crippen LogP contribution in [0.4, 0.5) is 4.79 Å². The first-order valence-electron chi connectivity index (χ1n) is 7.01. The summed E-state index contributed by atoms with van der Waals surface area (Å²) in [6.07, 6.45) is 0.633. The Bertz CT molecular complexity index is 729. The Kier molecular flexibility index (Phi) is 4.59. The van der Waals surface area contributed by atoms with Crippen LogP contribution in [0.2, 0.25) is 10.0 Å². The molecular formula is C16H14Cl2N2O3. The minimum absolute atomic E-state index is 0.258. The lowest BCUT2D eigenvalue weighted by Crippen LogP contribution is -2.26. The molecule has 0 aliphatic carbocycles. The number of alkyl carbamates (subject to hydrolysis) is 1. The zero-order valence-electron chi connectivity index (χ0n) is 12.3. The third-order valence-electron chi connectivity index (χ3n) is 3.56. The molecule has 0 fully saturated rings. The van der Waals surface area contributed by atoms with Crippen LogP contribution in [0, 0.1) is 6.92 Å². The van der Waals surface area contributed by atoms with E-state index < -0.39 is 12.2 Å². The lowest BCUT2D eigenvalue weighted by Gasteiger charge is -2.13. The van der Waals surface area contributed by atoms with Crippen molar-refractivity contribution in [3.63, 3.8) is 0 Å². The van der Waals surface area contributed by atoms with Gasteiger partial charge in [0.15, 0.2) is 6.10 Å². The normalized spacial score (nSPS) is 15.7. The van der Waals surface area contributed by atoms with Crippen molar-refractivity contribution in [3.05, 3.63) is 57.2 Å². The van der Waals surface area contributed by atoms with E-state index in [2.05, 4.69) is 10.3 Å². The molecule has 1 aliphatic heterocycles. The van der Waals surface area contributed by atoms with Crippen LogP contribution < -0.4 is 10.1 Å². The average molecular weight is 353 g/mol. The molecule has 3 rings (SSSR count).